The summed E-state index contributed by atoms with van der Waals surface area (Å²) < 4.78 is 16.1. The van der Waals surface area contributed by atoms with Crippen LogP contribution in [-0.4, -0.2) is 43.0 Å². The van der Waals surface area contributed by atoms with Crippen molar-refractivity contribution in [2.45, 2.75) is 6.92 Å². The van der Waals surface area contributed by atoms with E-state index >= 15 is 0 Å². The summed E-state index contributed by atoms with van der Waals surface area (Å²) in [4.78, 5) is 17.6. The largest absolute Gasteiger partial charge is 0.618 e. The van der Waals surface area contributed by atoms with Crippen LogP contribution in [0, 0.1) is 5.21 Å². The van der Waals surface area contributed by atoms with Crippen molar-refractivity contribution < 1.29 is 23.7 Å². The van der Waals surface area contributed by atoms with Gasteiger partial charge in [-0.3, -0.25) is 0 Å². The fraction of sp³-hybridized carbons (Fsp3) is 0.160. The SMILES string of the molecule is CCOC(=O)/C(C(=Nc1ccc(OC)cc1)c1ccccc1)=[N+](/[O-])c1ccc(OC)cc1. The lowest BCUT2D eigenvalue weighted by atomic mass is 10.0. The number of ether oxygens (including phenoxy) is 3. The van der Waals surface area contributed by atoms with Gasteiger partial charge >= 0.3 is 11.7 Å². The van der Waals surface area contributed by atoms with Gasteiger partial charge in [0.2, 0.25) is 5.69 Å². The van der Waals surface area contributed by atoms with E-state index in [0.717, 1.165) is 0 Å². The Morgan fingerprint density at radius 1 is 0.875 bits per heavy atom. The molecule has 0 saturated heterocycles. The average Bonchev–Trinajstić information content (AvgIpc) is 2.84. The summed E-state index contributed by atoms with van der Waals surface area (Å²) in [5.74, 6) is 0.493. The molecule has 3 aromatic carbocycles. The molecule has 0 radical (unpaired) electrons. The van der Waals surface area contributed by atoms with Crippen LogP contribution in [0.3, 0.4) is 0 Å². The zero-order chi connectivity index (χ0) is 22.9. The van der Waals surface area contributed by atoms with Gasteiger partial charge in [0.15, 0.2) is 5.71 Å². The van der Waals surface area contributed by atoms with E-state index in [0.29, 0.717) is 27.5 Å². The van der Waals surface area contributed by atoms with Gasteiger partial charge in [-0.25, -0.2) is 9.79 Å². The fourth-order valence-electron chi connectivity index (χ4n) is 2.96. The fourth-order valence-corrected chi connectivity index (χ4v) is 2.96. The molecule has 0 bridgehead atoms. The molecule has 7 nitrogen and oxygen atoms in total. The van der Waals surface area contributed by atoms with E-state index in [-0.39, 0.29) is 23.7 Å². The number of hydrogen-bond donors (Lipinski definition) is 0. The second-order valence-electron chi connectivity index (χ2n) is 6.59. The van der Waals surface area contributed by atoms with Gasteiger partial charge in [-0.05, 0) is 43.3 Å². The van der Waals surface area contributed by atoms with E-state index < -0.39 is 5.97 Å². The highest BCUT2D eigenvalue weighted by atomic mass is 16.5. The second-order valence-corrected chi connectivity index (χ2v) is 6.59. The summed E-state index contributed by atoms with van der Waals surface area (Å²) in [7, 11) is 3.11. The van der Waals surface area contributed by atoms with E-state index in [9.17, 15) is 10.0 Å². The normalized spacial score (nSPS) is 12.0. The molecular formula is C25H24N2O5. The number of esters is 1. The van der Waals surface area contributed by atoms with Crippen molar-refractivity contribution in [3.8, 4) is 11.5 Å². The van der Waals surface area contributed by atoms with Gasteiger partial charge in [0.25, 0.3) is 0 Å². The highest BCUT2D eigenvalue weighted by molar-refractivity contribution is 6.67. The summed E-state index contributed by atoms with van der Waals surface area (Å²) >= 11 is 0. The van der Waals surface area contributed by atoms with Crippen molar-refractivity contribution in [1.82, 2.24) is 0 Å². The molecule has 3 rings (SSSR count). The molecule has 0 amide bonds. The maximum absolute atomic E-state index is 13.4. The predicted molar refractivity (Wildman–Crippen MR) is 124 cm³/mol. The van der Waals surface area contributed by atoms with Crippen LogP contribution in [0.15, 0.2) is 83.9 Å². The quantitative estimate of drug-likeness (QED) is 0.170. The number of aliphatic imine (C=N–C) groups is 1. The summed E-state index contributed by atoms with van der Waals surface area (Å²) in [5, 5.41) is 13.4. The van der Waals surface area contributed by atoms with Gasteiger partial charge < -0.3 is 19.4 Å². The highest BCUT2D eigenvalue weighted by Crippen LogP contribution is 2.22. The monoisotopic (exact) mass is 432 g/mol. The van der Waals surface area contributed by atoms with Gasteiger partial charge in [0, 0.05) is 17.7 Å². The van der Waals surface area contributed by atoms with Crippen LogP contribution in [0.2, 0.25) is 0 Å². The lowest BCUT2D eigenvalue weighted by Gasteiger charge is -2.13. The predicted octanol–water partition coefficient (Wildman–Crippen LogP) is 4.67. The third-order valence-electron chi connectivity index (χ3n) is 4.56. The topological polar surface area (TPSA) is 83.2 Å². The van der Waals surface area contributed by atoms with Crippen LogP contribution in [-0.2, 0) is 9.53 Å². The first-order valence-corrected chi connectivity index (χ1v) is 10.0. The Kier molecular flexibility index (Phi) is 7.59. The van der Waals surface area contributed by atoms with E-state index in [1.165, 1.54) is 7.11 Å². The minimum absolute atomic E-state index is 0.114. The van der Waals surface area contributed by atoms with Gasteiger partial charge in [0.1, 0.15) is 11.5 Å². The Hall–Kier alpha value is -4.13. The highest BCUT2D eigenvalue weighted by Gasteiger charge is 2.31. The standard InChI is InChI=1S/C25H24N2O5/c1-4-32-25(28)24(27(29)20-12-16-22(31-3)17-13-20)23(18-8-6-5-7-9-18)26-19-10-14-21(30-2)15-11-19/h5-17H,4H2,1-3H3/b26-23?,27-24+. The smallest absolute Gasteiger partial charge is 0.407 e. The van der Waals surface area contributed by atoms with Crippen LogP contribution >= 0.6 is 0 Å². The molecule has 0 aliphatic heterocycles. The van der Waals surface area contributed by atoms with E-state index in [1.54, 1.807) is 74.7 Å². The Balaban J connectivity index is 2.23. The van der Waals surface area contributed by atoms with Gasteiger partial charge in [0.05, 0.1) is 26.5 Å². The second kappa shape index (κ2) is 10.8. The Labute approximate surface area is 186 Å². The molecule has 0 aliphatic carbocycles. The average molecular weight is 432 g/mol. The molecule has 0 atom stereocenters. The number of carbonyl (C=O) groups excluding carboxylic acids is 1. The molecule has 0 aliphatic rings. The van der Waals surface area contributed by atoms with E-state index in [2.05, 4.69) is 4.99 Å². The summed E-state index contributed by atoms with van der Waals surface area (Å²) in [6, 6.07) is 22.5. The number of nitrogens with zero attached hydrogens (tertiary/aromatic N) is 2. The summed E-state index contributed by atoms with van der Waals surface area (Å²) in [6.07, 6.45) is 0. The Morgan fingerprint density at radius 2 is 1.44 bits per heavy atom. The maximum Gasteiger partial charge on any atom is 0.407 e. The number of benzene rings is 3. The number of methoxy groups -OCH3 is 2. The van der Waals surface area contributed by atoms with Gasteiger partial charge in [-0.1, -0.05) is 30.3 Å². The van der Waals surface area contributed by atoms with E-state index in [1.807, 2.05) is 18.2 Å². The molecule has 3 aromatic rings. The molecule has 0 aromatic heterocycles. The van der Waals surface area contributed by atoms with Crippen molar-refractivity contribution in [1.29, 1.82) is 0 Å². The molecule has 7 heteroatoms. The number of carbonyl (C=O) groups is 1. The van der Waals surface area contributed by atoms with Gasteiger partial charge in [-0.15, -0.1) is 0 Å². The summed E-state index contributed by atoms with van der Waals surface area (Å²) in [6.45, 7) is 1.80. The molecule has 0 saturated carbocycles. The van der Waals surface area contributed by atoms with Crippen LogP contribution < -0.4 is 9.47 Å². The van der Waals surface area contributed by atoms with Gasteiger partial charge in [-0.2, -0.15) is 4.74 Å². The first-order chi connectivity index (χ1) is 15.6. The van der Waals surface area contributed by atoms with Crippen molar-refractivity contribution in [2.75, 3.05) is 20.8 Å². The Bertz CT molecular complexity index is 1110. The first-order valence-electron chi connectivity index (χ1n) is 10.0. The first kappa shape index (κ1) is 22.6. The molecular weight excluding hydrogens is 408 g/mol. The number of rotatable bonds is 8. The van der Waals surface area contributed by atoms with Crippen LogP contribution in [0.1, 0.15) is 12.5 Å². The third-order valence-corrected chi connectivity index (χ3v) is 4.56. The van der Waals surface area contributed by atoms with Crippen molar-refractivity contribution in [2.24, 2.45) is 4.99 Å². The van der Waals surface area contributed by atoms with Crippen LogP contribution in [0.4, 0.5) is 11.4 Å². The Morgan fingerprint density at radius 3 is 1.97 bits per heavy atom. The molecule has 0 unspecified atom stereocenters. The summed E-state index contributed by atoms with van der Waals surface area (Å²) in [5.41, 5.74) is 1.36. The van der Waals surface area contributed by atoms with Crippen molar-refractivity contribution in [3.05, 3.63) is 89.6 Å². The van der Waals surface area contributed by atoms with Crippen LogP contribution in [0.5, 0.6) is 11.5 Å². The van der Waals surface area contributed by atoms with E-state index in [4.69, 9.17) is 14.2 Å². The third kappa shape index (κ3) is 5.31. The maximum atomic E-state index is 13.4. The molecule has 0 heterocycles. The molecule has 0 fully saturated rings. The number of hydrogen-bond acceptors (Lipinski definition) is 6. The van der Waals surface area contributed by atoms with Crippen molar-refractivity contribution in [3.63, 3.8) is 0 Å². The van der Waals surface area contributed by atoms with Crippen molar-refractivity contribution >= 4 is 28.8 Å². The zero-order valence-electron chi connectivity index (χ0n) is 18.1. The minimum atomic E-state index is -0.769. The van der Waals surface area contributed by atoms with Crippen LogP contribution in [0.25, 0.3) is 0 Å². The lowest BCUT2D eigenvalue weighted by Crippen LogP contribution is -2.33. The minimum Gasteiger partial charge on any atom is -0.618 e. The lowest BCUT2D eigenvalue weighted by molar-refractivity contribution is -0.358. The molecule has 32 heavy (non-hydrogen) atoms. The molecule has 0 N–H and O–H groups in total. The molecule has 0 spiro atoms. The molecule has 164 valence electrons. The zero-order valence-corrected chi connectivity index (χ0v) is 18.1.